The summed E-state index contributed by atoms with van der Waals surface area (Å²) in [7, 11) is 1.65. The highest BCUT2D eigenvalue weighted by Gasteiger charge is 2.35. The highest BCUT2D eigenvalue weighted by Crippen LogP contribution is 2.36. The van der Waals surface area contributed by atoms with E-state index in [4.69, 9.17) is 16.3 Å². The summed E-state index contributed by atoms with van der Waals surface area (Å²) in [5, 5.41) is 1.06. The number of aromatic amines is 1. The molecule has 1 amide bonds. The number of ether oxygens (including phenoxy) is 1. The van der Waals surface area contributed by atoms with Crippen molar-refractivity contribution in [3.63, 3.8) is 0 Å². The first kappa shape index (κ1) is 21.6. The van der Waals surface area contributed by atoms with Crippen LogP contribution < -0.4 is 0 Å². The van der Waals surface area contributed by atoms with Gasteiger partial charge in [-0.05, 0) is 36.4 Å². The fourth-order valence-electron chi connectivity index (χ4n) is 4.13. The lowest BCUT2D eigenvalue weighted by atomic mass is 10.1. The molecular weight excluding hydrogens is 464 g/mol. The van der Waals surface area contributed by atoms with Gasteiger partial charge < -0.3 is 14.6 Å². The number of carbonyl (C=O) groups excluding carboxylic acids is 1. The van der Waals surface area contributed by atoms with Crippen molar-refractivity contribution >= 4 is 51.1 Å². The first-order chi connectivity index (χ1) is 15.6. The van der Waals surface area contributed by atoms with E-state index in [-0.39, 0.29) is 11.9 Å². The van der Waals surface area contributed by atoms with Gasteiger partial charge in [0.15, 0.2) is 0 Å². The second kappa shape index (κ2) is 9.33. The van der Waals surface area contributed by atoms with E-state index in [9.17, 15) is 4.79 Å². The molecule has 0 radical (unpaired) electrons. The Labute approximate surface area is 199 Å². The molecule has 1 atom stereocenters. The molecule has 4 aromatic heterocycles. The summed E-state index contributed by atoms with van der Waals surface area (Å²) in [4.78, 5) is 28.7. The van der Waals surface area contributed by atoms with Gasteiger partial charge in [0, 0.05) is 70.4 Å². The largest absolute Gasteiger partial charge is 0.383 e. The molecule has 1 saturated heterocycles. The maximum Gasteiger partial charge on any atom is 0.242 e. The number of halogens is 1. The molecule has 0 bridgehead atoms. The van der Waals surface area contributed by atoms with E-state index in [2.05, 4.69) is 39.1 Å². The summed E-state index contributed by atoms with van der Waals surface area (Å²) < 4.78 is 6.22. The van der Waals surface area contributed by atoms with E-state index in [1.54, 1.807) is 36.0 Å². The number of fused-ring (bicyclic) bond motifs is 1. The van der Waals surface area contributed by atoms with Crippen molar-refractivity contribution in [3.05, 3.63) is 63.7 Å². The normalized spacial score (nSPS) is 17.5. The summed E-state index contributed by atoms with van der Waals surface area (Å²) >= 11 is 9.43. The first-order valence-corrected chi connectivity index (χ1v) is 12.4. The van der Waals surface area contributed by atoms with E-state index in [0.717, 1.165) is 34.0 Å². The maximum atomic E-state index is 13.3. The number of thiophene rings is 2. The number of methoxy groups -OCH3 is 1. The third-order valence-electron chi connectivity index (χ3n) is 5.69. The summed E-state index contributed by atoms with van der Waals surface area (Å²) in [6.07, 6.45) is 3.60. The molecule has 1 aliphatic rings. The summed E-state index contributed by atoms with van der Waals surface area (Å²) in [6, 6.07) is 12.0. The Morgan fingerprint density at radius 1 is 1.16 bits per heavy atom. The fraction of sp³-hybridized carbons (Fsp3) is 0.304. The van der Waals surface area contributed by atoms with Gasteiger partial charge in [0.1, 0.15) is 6.04 Å². The number of carbonyl (C=O) groups is 1. The van der Waals surface area contributed by atoms with Gasteiger partial charge >= 0.3 is 0 Å². The number of hydrogen-bond acceptors (Lipinski definition) is 6. The zero-order chi connectivity index (χ0) is 22.1. The molecule has 0 aliphatic carbocycles. The van der Waals surface area contributed by atoms with Crippen LogP contribution in [0.1, 0.15) is 10.6 Å². The molecule has 4 aromatic rings. The van der Waals surface area contributed by atoms with Crippen LogP contribution in [-0.2, 0) is 22.6 Å². The van der Waals surface area contributed by atoms with Crippen LogP contribution in [0, 0.1) is 0 Å². The lowest BCUT2D eigenvalue weighted by molar-refractivity contribution is -0.145. The zero-order valence-electron chi connectivity index (χ0n) is 17.6. The van der Waals surface area contributed by atoms with Gasteiger partial charge in [0.25, 0.3) is 0 Å². The van der Waals surface area contributed by atoms with Crippen LogP contribution in [0.2, 0.25) is 4.34 Å². The monoisotopic (exact) mass is 486 g/mol. The number of pyridine rings is 1. The Morgan fingerprint density at radius 3 is 2.78 bits per heavy atom. The predicted molar refractivity (Wildman–Crippen MR) is 130 cm³/mol. The Hall–Kier alpha value is -2.23. The molecule has 9 heteroatoms. The quantitative estimate of drug-likeness (QED) is 0.405. The van der Waals surface area contributed by atoms with E-state index in [1.165, 1.54) is 14.6 Å². The van der Waals surface area contributed by atoms with Crippen molar-refractivity contribution < 1.29 is 9.53 Å². The Balaban J connectivity index is 1.29. The topological polar surface area (TPSA) is 61.5 Å². The van der Waals surface area contributed by atoms with Gasteiger partial charge in [-0.25, -0.2) is 0 Å². The van der Waals surface area contributed by atoms with Gasteiger partial charge in [-0.15, -0.1) is 22.7 Å². The average molecular weight is 487 g/mol. The Bertz CT molecular complexity index is 1200. The molecule has 0 aromatic carbocycles. The van der Waals surface area contributed by atoms with Crippen molar-refractivity contribution in [2.75, 3.05) is 26.8 Å². The minimum absolute atomic E-state index is 0.108. The molecule has 1 N–H and O–H groups in total. The maximum absolute atomic E-state index is 13.3. The minimum Gasteiger partial charge on any atom is -0.383 e. The number of H-pyrrole nitrogens is 1. The number of aromatic nitrogens is 2. The first-order valence-electron chi connectivity index (χ1n) is 10.4. The smallest absolute Gasteiger partial charge is 0.242 e. The van der Waals surface area contributed by atoms with E-state index >= 15 is 0 Å². The molecule has 5 heterocycles. The van der Waals surface area contributed by atoms with Crippen LogP contribution in [0.4, 0.5) is 0 Å². The Morgan fingerprint density at radius 2 is 2.00 bits per heavy atom. The number of nitrogens with zero attached hydrogens (tertiary/aromatic N) is 3. The van der Waals surface area contributed by atoms with E-state index in [1.807, 2.05) is 23.2 Å². The van der Waals surface area contributed by atoms with Gasteiger partial charge in [-0.3, -0.25) is 14.7 Å². The van der Waals surface area contributed by atoms with Crippen molar-refractivity contribution in [2.45, 2.75) is 19.1 Å². The standard InChI is InChI=1S/C23H23ClN4O2S2/c1-30-14-19-23(29)28(12-16-10-15-11-25-7-6-18(15)26-16)9-8-27(19)13-17-2-3-20(31-17)21-4-5-22(24)32-21/h2-7,10-11,19,26H,8-9,12-14H2,1H3/t19-/m0/s1. The molecule has 0 spiro atoms. The van der Waals surface area contributed by atoms with Crippen molar-refractivity contribution in [1.29, 1.82) is 0 Å². The number of amides is 1. The highest BCUT2D eigenvalue weighted by molar-refractivity contribution is 7.24. The van der Waals surface area contributed by atoms with Gasteiger partial charge in [0.05, 0.1) is 17.5 Å². The summed E-state index contributed by atoms with van der Waals surface area (Å²) in [5.74, 6) is 0.108. The van der Waals surface area contributed by atoms with Crippen LogP contribution in [0.3, 0.4) is 0 Å². The van der Waals surface area contributed by atoms with Crippen LogP contribution in [-0.4, -0.2) is 58.5 Å². The second-order valence-electron chi connectivity index (χ2n) is 7.83. The SMILES string of the molecule is COC[C@H]1C(=O)N(Cc2cc3cnccc3[nH]2)CCN1Cc1ccc(-c2ccc(Cl)s2)s1. The fourth-order valence-corrected chi connectivity index (χ4v) is 6.30. The molecule has 0 unspecified atom stereocenters. The lowest BCUT2D eigenvalue weighted by Crippen LogP contribution is -2.57. The van der Waals surface area contributed by atoms with E-state index < -0.39 is 0 Å². The third kappa shape index (κ3) is 4.46. The molecule has 0 saturated carbocycles. The van der Waals surface area contributed by atoms with Crippen LogP contribution >= 0.6 is 34.3 Å². The molecule has 6 nitrogen and oxygen atoms in total. The highest BCUT2D eigenvalue weighted by atomic mass is 35.5. The molecule has 166 valence electrons. The number of hydrogen-bond donors (Lipinski definition) is 1. The minimum atomic E-state index is -0.290. The van der Waals surface area contributed by atoms with Gasteiger partial charge in [0.2, 0.25) is 5.91 Å². The van der Waals surface area contributed by atoms with Crippen molar-refractivity contribution in [2.24, 2.45) is 0 Å². The molecule has 1 fully saturated rings. The molecule has 1 aliphatic heterocycles. The molecule has 32 heavy (non-hydrogen) atoms. The average Bonchev–Trinajstić information content (AvgIpc) is 3.52. The van der Waals surface area contributed by atoms with Gasteiger partial charge in [-0.2, -0.15) is 0 Å². The summed E-state index contributed by atoms with van der Waals surface area (Å²) in [5.41, 5.74) is 2.05. The van der Waals surface area contributed by atoms with Crippen molar-refractivity contribution in [3.8, 4) is 9.75 Å². The second-order valence-corrected chi connectivity index (χ2v) is 10.7. The van der Waals surface area contributed by atoms with E-state index in [0.29, 0.717) is 19.7 Å². The number of rotatable bonds is 7. The molecule has 5 rings (SSSR count). The lowest BCUT2D eigenvalue weighted by Gasteiger charge is -2.40. The van der Waals surface area contributed by atoms with Gasteiger partial charge in [-0.1, -0.05) is 11.6 Å². The van der Waals surface area contributed by atoms with Crippen LogP contribution in [0.15, 0.2) is 48.8 Å². The van der Waals surface area contributed by atoms with Crippen LogP contribution in [0.25, 0.3) is 20.7 Å². The van der Waals surface area contributed by atoms with Crippen LogP contribution in [0.5, 0.6) is 0 Å². The summed E-state index contributed by atoms with van der Waals surface area (Å²) in [6.45, 7) is 3.16. The number of piperazine rings is 1. The van der Waals surface area contributed by atoms with Crippen molar-refractivity contribution in [1.82, 2.24) is 19.8 Å². The Kier molecular flexibility index (Phi) is 6.30. The third-order valence-corrected chi connectivity index (χ3v) is 8.19. The number of nitrogens with one attached hydrogen (secondary N) is 1. The predicted octanol–water partition coefficient (Wildman–Crippen LogP) is 4.87. The molecular formula is C23H23ClN4O2S2. The zero-order valence-corrected chi connectivity index (χ0v) is 20.0.